The van der Waals surface area contributed by atoms with E-state index < -0.39 is 0 Å². The van der Waals surface area contributed by atoms with Gasteiger partial charge in [0.05, 0.1) is 13.2 Å². The lowest BCUT2D eigenvalue weighted by molar-refractivity contribution is 0.00659. The number of morpholine rings is 1. The van der Waals surface area contributed by atoms with Gasteiger partial charge in [0.25, 0.3) is 0 Å². The van der Waals surface area contributed by atoms with Crippen LogP contribution < -0.4 is 0 Å². The van der Waals surface area contributed by atoms with Crippen LogP contribution in [0.5, 0.6) is 0 Å². The van der Waals surface area contributed by atoms with E-state index in [9.17, 15) is 0 Å². The zero-order valence-electron chi connectivity index (χ0n) is 13.5. The Kier molecular flexibility index (Phi) is 4.13. The molecule has 7 heteroatoms. The molecule has 2 aromatic rings. The average molecular weight is 317 g/mol. The van der Waals surface area contributed by atoms with E-state index in [0.717, 1.165) is 50.7 Å². The highest BCUT2D eigenvalue weighted by Crippen LogP contribution is 2.34. The van der Waals surface area contributed by atoms with Gasteiger partial charge in [0.15, 0.2) is 0 Å². The third kappa shape index (κ3) is 3.16. The van der Waals surface area contributed by atoms with Gasteiger partial charge in [-0.25, -0.2) is 0 Å². The number of ether oxygens (including phenoxy) is 1. The highest BCUT2D eigenvalue weighted by atomic mass is 16.5. The Bertz CT molecular complexity index is 638. The monoisotopic (exact) mass is 317 g/mol. The first-order valence-electron chi connectivity index (χ1n) is 8.45. The maximum atomic E-state index is 5.50. The van der Waals surface area contributed by atoms with Gasteiger partial charge in [0.2, 0.25) is 11.7 Å². The zero-order chi connectivity index (χ0) is 15.6. The fraction of sp³-hybridized carbons (Fsp3) is 0.688. The van der Waals surface area contributed by atoms with Crippen LogP contribution in [0.25, 0.3) is 11.5 Å². The SMILES string of the molecule is Cn1ccc(-c2noc(C3CCC(N4CCOCC4)CC3)n2)n1. The minimum absolute atomic E-state index is 0.386. The predicted octanol–water partition coefficient (Wildman–Crippen LogP) is 1.83. The number of hydrogen-bond acceptors (Lipinski definition) is 6. The molecule has 0 bridgehead atoms. The Morgan fingerprint density at radius 2 is 1.91 bits per heavy atom. The van der Waals surface area contributed by atoms with Crippen molar-refractivity contribution in [1.29, 1.82) is 0 Å². The normalized spacial score (nSPS) is 26.5. The lowest BCUT2D eigenvalue weighted by Crippen LogP contribution is -2.44. The van der Waals surface area contributed by atoms with Crippen molar-refractivity contribution in [1.82, 2.24) is 24.8 Å². The third-order valence-electron chi connectivity index (χ3n) is 4.99. The molecule has 1 saturated heterocycles. The van der Waals surface area contributed by atoms with Crippen molar-refractivity contribution >= 4 is 0 Å². The van der Waals surface area contributed by atoms with Gasteiger partial charge in [-0.15, -0.1) is 0 Å². The summed E-state index contributed by atoms with van der Waals surface area (Å²) in [5.74, 6) is 1.75. The molecule has 0 unspecified atom stereocenters. The van der Waals surface area contributed by atoms with Crippen LogP contribution in [0.15, 0.2) is 16.8 Å². The minimum Gasteiger partial charge on any atom is -0.379 e. The first-order valence-corrected chi connectivity index (χ1v) is 8.45. The summed E-state index contributed by atoms with van der Waals surface area (Å²) in [4.78, 5) is 7.14. The van der Waals surface area contributed by atoms with E-state index in [1.54, 1.807) is 4.68 Å². The van der Waals surface area contributed by atoms with E-state index >= 15 is 0 Å². The second-order valence-corrected chi connectivity index (χ2v) is 6.48. The van der Waals surface area contributed by atoms with Gasteiger partial charge < -0.3 is 9.26 Å². The lowest BCUT2D eigenvalue weighted by atomic mass is 9.85. The molecule has 0 aromatic carbocycles. The molecule has 7 nitrogen and oxygen atoms in total. The van der Waals surface area contributed by atoms with E-state index in [4.69, 9.17) is 9.26 Å². The number of aromatic nitrogens is 4. The first kappa shape index (κ1) is 14.8. The molecule has 1 saturated carbocycles. The molecule has 0 amide bonds. The molecular formula is C16H23N5O2. The molecule has 3 heterocycles. The highest BCUT2D eigenvalue weighted by molar-refractivity contribution is 5.46. The molecule has 23 heavy (non-hydrogen) atoms. The van der Waals surface area contributed by atoms with Gasteiger partial charge in [-0.3, -0.25) is 9.58 Å². The van der Waals surface area contributed by atoms with Gasteiger partial charge in [0.1, 0.15) is 5.69 Å². The molecule has 2 aromatic heterocycles. The number of hydrogen-bond donors (Lipinski definition) is 0. The fourth-order valence-electron chi connectivity index (χ4n) is 3.67. The fourth-order valence-corrected chi connectivity index (χ4v) is 3.67. The summed E-state index contributed by atoms with van der Waals surface area (Å²) in [6.45, 7) is 3.88. The molecule has 124 valence electrons. The van der Waals surface area contributed by atoms with Crippen LogP contribution in [0, 0.1) is 0 Å². The summed E-state index contributed by atoms with van der Waals surface area (Å²) in [5, 5.41) is 8.42. The third-order valence-corrected chi connectivity index (χ3v) is 4.99. The molecule has 2 aliphatic rings. The molecule has 4 rings (SSSR count). The Hall–Kier alpha value is -1.73. The molecule has 0 radical (unpaired) electrons. The molecule has 2 fully saturated rings. The van der Waals surface area contributed by atoms with Gasteiger partial charge in [-0.1, -0.05) is 5.16 Å². The number of nitrogens with zero attached hydrogens (tertiary/aromatic N) is 5. The van der Waals surface area contributed by atoms with Crippen molar-refractivity contribution in [2.45, 2.75) is 37.6 Å². The van der Waals surface area contributed by atoms with Crippen LogP contribution in [-0.2, 0) is 11.8 Å². The zero-order valence-corrected chi connectivity index (χ0v) is 13.5. The second kappa shape index (κ2) is 6.41. The van der Waals surface area contributed by atoms with Crippen LogP contribution in [0.3, 0.4) is 0 Å². The smallest absolute Gasteiger partial charge is 0.230 e. The largest absolute Gasteiger partial charge is 0.379 e. The quantitative estimate of drug-likeness (QED) is 0.860. The molecule has 0 N–H and O–H groups in total. The van der Waals surface area contributed by atoms with E-state index in [0.29, 0.717) is 17.8 Å². The van der Waals surface area contributed by atoms with Crippen molar-refractivity contribution in [3.63, 3.8) is 0 Å². The summed E-state index contributed by atoms with van der Waals surface area (Å²) >= 11 is 0. The number of aryl methyl sites for hydroxylation is 1. The molecule has 0 atom stereocenters. The summed E-state index contributed by atoms with van der Waals surface area (Å²) in [6, 6.07) is 2.59. The topological polar surface area (TPSA) is 69.2 Å². The predicted molar refractivity (Wildman–Crippen MR) is 83.9 cm³/mol. The Labute approximate surface area is 135 Å². The standard InChI is InChI=1S/C16H23N5O2/c1-20-7-6-14(18-20)15-17-16(23-19-15)12-2-4-13(5-3-12)21-8-10-22-11-9-21/h6-7,12-13H,2-5,8-11H2,1H3. The van der Waals surface area contributed by atoms with Crippen LogP contribution in [0.2, 0.25) is 0 Å². The molecule has 1 aliphatic heterocycles. The van der Waals surface area contributed by atoms with Gasteiger partial charge in [-0.2, -0.15) is 10.1 Å². The molecule has 1 aliphatic carbocycles. The summed E-state index contributed by atoms with van der Waals surface area (Å²) < 4.78 is 12.7. The van der Waals surface area contributed by atoms with Crippen molar-refractivity contribution < 1.29 is 9.26 Å². The lowest BCUT2D eigenvalue weighted by Gasteiger charge is -2.38. The van der Waals surface area contributed by atoms with Gasteiger partial charge in [-0.05, 0) is 31.7 Å². The Morgan fingerprint density at radius 1 is 1.13 bits per heavy atom. The minimum atomic E-state index is 0.386. The maximum absolute atomic E-state index is 5.50. The van der Waals surface area contributed by atoms with Crippen molar-refractivity contribution in [3.05, 3.63) is 18.2 Å². The maximum Gasteiger partial charge on any atom is 0.230 e. The average Bonchev–Trinajstić information content (AvgIpc) is 3.25. The summed E-state index contributed by atoms with van der Waals surface area (Å²) in [6.07, 6.45) is 6.52. The van der Waals surface area contributed by atoms with E-state index in [2.05, 4.69) is 20.1 Å². The first-order chi connectivity index (χ1) is 11.3. The second-order valence-electron chi connectivity index (χ2n) is 6.48. The van der Waals surface area contributed by atoms with Gasteiger partial charge in [0, 0.05) is 38.3 Å². The van der Waals surface area contributed by atoms with Crippen LogP contribution >= 0.6 is 0 Å². The van der Waals surface area contributed by atoms with E-state index in [1.807, 2.05) is 19.3 Å². The van der Waals surface area contributed by atoms with E-state index in [1.165, 1.54) is 12.8 Å². The van der Waals surface area contributed by atoms with Gasteiger partial charge >= 0.3 is 0 Å². The van der Waals surface area contributed by atoms with Crippen molar-refractivity contribution in [2.24, 2.45) is 7.05 Å². The molecular weight excluding hydrogens is 294 g/mol. The number of rotatable bonds is 3. The van der Waals surface area contributed by atoms with Crippen molar-refractivity contribution in [2.75, 3.05) is 26.3 Å². The summed E-state index contributed by atoms with van der Waals surface area (Å²) in [7, 11) is 1.89. The summed E-state index contributed by atoms with van der Waals surface area (Å²) in [5.41, 5.74) is 0.768. The molecule has 0 spiro atoms. The van der Waals surface area contributed by atoms with E-state index in [-0.39, 0.29) is 0 Å². The highest BCUT2D eigenvalue weighted by Gasteiger charge is 2.30. The van der Waals surface area contributed by atoms with Crippen LogP contribution in [0.1, 0.15) is 37.5 Å². The van der Waals surface area contributed by atoms with Crippen molar-refractivity contribution in [3.8, 4) is 11.5 Å². The van der Waals surface area contributed by atoms with Crippen LogP contribution in [-0.4, -0.2) is 57.2 Å². The Morgan fingerprint density at radius 3 is 2.61 bits per heavy atom. The van der Waals surface area contributed by atoms with Crippen LogP contribution in [0.4, 0.5) is 0 Å². The Balaban J connectivity index is 1.38.